The van der Waals surface area contributed by atoms with Gasteiger partial charge in [-0.1, -0.05) is 5.16 Å². The van der Waals surface area contributed by atoms with Crippen molar-refractivity contribution in [1.82, 2.24) is 5.32 Å². The van der Waals surface area contributed by atoms with Gasteiger partial charge in [0, 0.05) is 0 Å². The molecule has 0 fully saturated rings. The third kappa shape index (κ3) is 2.81. The summed E-state index contributed by atoms with van der Waals surface area (Å²) in [6, 6.07) is 0.118. The summed E-state index contributed by atoms with van der Waals surface area (Å²) in [7, 11) is 0. The molecule has 0 aliphatic heterocycles. The topological polar surface area (TPSA) is 129 Å². The predicted octanol–water partition coefficient (Wildman–Crippen LogP) is -1.46. The van der Waals surface area contributed by atoms with E-state index >= 15 is 0 Å². The van der Waals surface area contributed by atoms with Crippen molar-refractivity contribution in [2.45, 2.75) is 0 Å². The quantitative estimate of drug-likeness (QED) is 0.243. The highest BCUT2D eigenvalue weighted by atomic mass is 16.4. The minimum Gasteiger partial charge on any atom is -0.410 e. The summed E-state index contributed by atoms with van der Waals surface area (Å²) in [4.78, 5) is 20.5. The fourth-order valence-corrected chi connectivity index (χ4v) is 0.290. The molecule has 0 rings (SSSR count). The molecule has 0 aromatic carbocycles. The number of nitrogens with two attached hydrogens (primary N) is 1. The number of imide groups is 1. The summed E-state index contributed by atoms with van der Waals surface area (Å²) in [5.74, 6) is -1.14. The first-order valence-electron chi connectivity index (χ1n) is 2.34. The zero-order chi connectivity index (χ0) is 8.85. The SMILES string of the molecule is N#C/C(=N/O)C(=O)NC(N)=O. The van der Waals surface area contributed by atoms with E-state index in [1.165, 1.54) is 11.4 Å². The normalized spacial score (nSPS) is 9.91. The fraction of sp³-hybridized carbons (Fsp3) is 0. The van der Waals surface area contributed by atoms with Crippen molar-refractivity contribution < 1.29 is 14.8 Å². The second kappa shape index (κ2) is 3.84. The number of primary amides is 1. The molecule has 4 N–H and O–H groups in total. The van der Waals surface area contributed by atoms with E-state index in [1.54, 1.807) is 0 Å². The van der Waals surface area contributed by atoms with Crippen molar-refractivity contribution in [3.63, 3.8) is 0 Å². The van der Waals surface area contributed by atoms with Gasteiger partial charge < -0.3 is 10.9 Å². The lowest BCUT2D eigenvalue weighted by Crippen LogP contribution is -2.39. The lowest BCUT2D eigenvalue weighted by molar-refractivity contribution is -0.113. The largest absolute Gasteiger partial charge is 0.410 e. The molecule has 0 radical (unpaired) electrons. The third-order valence-electron chi connectivity index (χ3n) is 0.658. The molecule has 0 aromatic heterocycles. The highest BCUT2D eigenvalue weighted by Crippen LogP contribution is 1.74. The number of nitrogens with one attached hydrogen (secondary N) is 1. The van der Waals surface area contributed by atoms with Crippen LogP contribution in [-0.4, -0.2) is 22.9 Å². The molecule has 0 unspecified atom stereocenters. The van der Waals surface area contributed by atoms with Crippen molar-refractivity contribution in [2.24, 2.45) is 10.9 Å². The molecule has 0 aromatic rings. The first-order chi connectivity index (χ1) is 5.11. The number of hydrogen-bond donors (Lipinski definition) is 3. The Labute approximate surface area is 61.1 Å². The molecule has 0 aliphatic carbocycles. The van der Waals surface area contributed by atoms with E-state index in [4.69, 9.17) is 10.5 Å². The average molecular weight is 156 g/mol. The van der Waals surface area contributed by atoms with E-state index in [2.05, 4.69) is 10.9 Å². The first-order valence-corrected chi connectivity index (χ1v) is 2.34. The number of carbonyl (C=O) groups excluding carboxylic acids is 2. The van der Waals surface area contributed by atoms with Crippen molar-refractivity contribution >= 4 is 17.6 Å². The Morgan fingerprint density at radius 1 is 1.64 bits per heavy atom. The molecule has 7 nitrogen and oxygen atoms in total. The van der Waals surface area contributed by atoms with Gasteiger partial charge in [0.15, 0.2) is 0 Å². The number of rotatable bonds is 1. The predicted molar refractivity (Wildman–Crippen MR) is 32.6 cm³/mol. The van der Waals surface area contributed by atoms with Crippen LogP contribution in [0.25, 0.3) is 0 Å². The molecule has 0 spiro atoms. The van der Waals surface area contributed by atoms with Crippen LogP contribution >= 0.6 is 0 Å². The maximum atomic E-state index is 10.5. The van der Waals surface area contributed by atoms with E-state index in [1.807, 2.05) is 0 Å². The van der Waals surface area contributed by atoms with Gasteiger partial charge in [0.05, 0.1) is 0 Å². The molecule has 0 bridgehead atoms. The van der Waals surface area contributed by atoms with Crippen molar-refractivity contribution in [3.8, 4) is 6.07 Å². The zero-order valence-corrected chi connectivity index (χ0v) is 5.24. The van der Waals surface area contributed by atoms with E-state index < -0.39 is 17.6 Å². The van der Waals surface area contributed by atoms with Crippen LogP contribution in [-0.2, 0) is 4.79 Å². The summed E-state index contributed by atoms with van der Waals surface area (Å²) < 4.78 is 0. The molecule has 11 heavy (non-hydrogen) atoms. The number of nitrogens with zero attached hydrogens (tertiary/aromatic N) is 2. The summed E-state index contributed by atoms with van der Waals surface area (Å²) >= 11 is 0. The molecule has 0 heterocycles. The van der Waals surface area contributed by atoms with Gasteiger partial charge in [-0.3, -0.25) is 10.1 Å². The molecule has 58 valence electrons. The maximum absolute atomic E-state index is 10.5. The highest BCUT2D eigenvalue weighted by Gasteiger charge is 2.12. The molecule has 7 heteroatoms. The monoisotopic (exact) mass is 156 g/mol. The minimum atomic E-state index is -1.14. The molecule has 0 saturated heterocycles. The Bertz CT molecular complexity index is 251. The zero-order valence-electron chi connectivity index (χ0n) is 5.24. The van der Waals surface area contributed by atoms with E-state index in [-0.39, 0.29) is 0 Å². The molecular formula is C4H4N4O3. The number of amides is 3. The van der Waals surface area contributed by atoms with Crippen LogP contribution in [0.1, 0.15) is 0 Å². The molecule has 0 aliphatic rings. The average Bonchev–Trinajstić information content (AvgIpc) is 1.88. The van der Waals surface area contributed by atoms with Gasteiger partial charge in [-0.25, -0.2) is 4.79 Å². The molecular weight excluding hydrogens is 152 g/mol. The Kier molecular flexibility index (Phi) is 3.10. The first kappa shape index (κ1) is 8.90. The van der Waals surface area contributed by atoms with Crippen LogP contribution in [0.5, 0.6) is 0 Å². The minimum absolute atomic E-state index is 0.830. The van der Waals surface area contributed by atoms with E-state index in [0.29, 0.717) is 0 Å². The van der Waals surface area contributed by atoms with Gasteiger partial charge in [-0.2, -0.15) is 5.26 Å². The lowest BCUT2D eigenvalue weighted by Gasteiger charge is -1.93. The smallest absolute Gasteiger partial charge is 0.319 e. The summed E-state index contributed by atoms with van der Waals surface area (Å²) in [6.07, 6.45) is 0. The Hall–Kier alpha value is -2.10. The lowest BCUT2D eigenvalue weighted by atomic mass is 10.4. The van der Waals surface area contributed by atoms with Gasteiger partial charge in [0.25, 0.3) is 5.91 Å². The molecule has 3 amide bonds. The number of nitriles is 1. The Morgan fingerprint density at radius 2 is 2.18 bits per heavy atom. The van der Waals surface area contributed by atoms with E-state index in [0.717, 1.165) is 0 Å². The third-order valence-corrected chi connectivity index (χ3v) is 0.658. The number of hydrogen-bond acceptors (Lipinski definition) is 5. The van der Waals surface area contributed by atoms with Gasteiger partial charge in [-0.05, 0) is 0 Å². The second-order valence-electron chi connectivity index (χ2n) is 1.38. The van der Waals surface area contributed by atoms with Crippen LogP contribution in [0.3, 0.4) is 0 Å². The van der Waals surface area contributed by atoms with Crippen molar-refractivity contribution in [3.05, 3.63) is 0 Å². The standard InChI is InChI=1S/C4H4N4O3/c5-1-2(8-11)3(9)7-4(6)10/h11H,(H3,6,7,9,10)/b8-2-. The van der Waals surface area contributed by atoms with Crippen LogP contribution in [0.2, 0.25) is 0 Å². The number of carbonyl (C=O) groups is 2. The van der Waals surface area contributed by atoms with Gasteiger partial charge >= 0.3 is 6.03 Å². The Morgan fingerprint density at radius 3 is 2.45 bits per heavy atom. The Balaban J connectivity index is 4.28. The number of urea groups is 1. The fourth-order valence-electron chi connectivity index (χ4n) is 0.290. The summed E-state index contributed by atoms with van der Waals surface area (Å²) in [6.45, 7) is 0. The van der Waals surface area contributed by atoms with Gasteiger partial charge in [-0.15, -0.1) is 0 Å². The van der Waals surface area contributed by atoms with Crippen molar-refractivity contribution in [1.29, 1.82) is 5.26 Å². The van der Waals surface area contributed by atoms with E-state index in [9.17, 15) is 9.59 Å². The highest BCUT2D eigenvalue weighted by molar-refractivity contribution is 6.46. The molecule has 0 saturated carbocycles. The number of oxime groups is 1. The van der Waals surface area contributed by atoms with Crippen LogP contribution in [0, 0.1) is 11.3 Å². The van der Waals surface area contributed by atoms with Crippen LogP contribution in [0.4, 0.5) is 4.79 Å². The summed E-state index contributed by atoms with van der Waals surface area (Å²) in [5.41, 5.74) is 3.69. The van der Waals surface area contributed by atoms with Crippen LogP contribution in [0.15, 0.2) is 5.16 Å². The maximum Gasteiger partial charge on any atom is 0.319 e. The van der Waals surface area contributed by atoms with Gasteiger partial charge in [0.1, 0.15) is 6.07 Å². The van der Waals surface area contributed by atoms with Crippen molar-refractivity contribution in [2.75, 3.05) is 0 Å². The van der Waals surface area contributed by atoms with Gasteiger partial charge in [0.2, 0.25) is 5.71 Å². The molecule has 0 atom stereocenters. The summed E-state index contributed by atoms with van der Waals surface area (Å²) in [5, 5.41) is 19.8. The second-order valence-corrected chi connectivity index (χ2v) is 1.38. The van der Waals surface area contributed by atoms with Crippen LogP contribution < -0.4 is 11.1 Å².